The first-order chi connectivity index (χ1) is 18.1. The smallest absolute Gasteiger partial charge is 0.310 e. The Labute approximate surface area is 230 Å². The molecule has 0 saturated carbocycles. The topological polar surface area (TPSA) is 63.6 Å². The SMILES string of the molecule is O=C(c1ccc(Br)o1)N1N=C(c2cccc(Br)c2)C[C@H]1c1cn(-c2ccccc2)nc1-c1ccccc1. The number of furan rings is 1. The third-order valence-electron chi connectivity index (χ3n) is 6.23. The van der Waals surface area contributed by atoms with Crippen molar-refractivity contribution in [3.8, 4) is 16.9 Å². The van der Waals surface area contributed by atoms with E-state index in [-0.39, 0.29) is 17.7 Å². The average molecular weight is 616 g/mol. The molecule has 3 heterocycles. The molecule has 6 nitrogen and oxygen atoms in total. The highest BCUT2D eigenvalue weighted by Crippen LogP contribution is 2.39. The van der Waals surface area contributed by atoms with E-state index in [1.807, 2.05) is 95.8 Å². The number of benzene rings is 3. The van der Waals surface area contributed by atoms with Crippen LogP contribution in [0.5, 0.6) is 0 Å². The summed E-state index contributed by atoms with van der Waals surface area (Å²) in [7, 11) is 0. The number of hydrogen-bond donors (Lipinski definition) is 0. The second-order valence-corrected chi connectivity index (χ2v) is 10.3. The van der Waals surface area contributed by atoms with Crippen LogP contribution in [0.4, 0.5) is 0 Å². The Hall–Kier alpha value is -3.75. The number of aromatic nitrogens is 2. The molecule has 0 radical (unpaired) electrons. The molecule has 37 heavy (non-hydrogen) atoms. The Morgan fingerprint density at radius 3 is 2.30 bits per heavy atom. The number of rotatable bonds is 5. The van der Waals surface area contributed by atoms with E-state index < -0.39 is 0 Å². The third kappa shape index (κ3) is 4.70. The van der Waals surface area contributed by atoms with Gasteiger partial charge in [-0.25, -0.2) is 9.69 Å². The second kappa shape index (κ2) is 9.95. The van der Waals surface area contributed by atoms with E-state index in [0.29, 0.717) is 11.1 Å². The molecule has 3 aromatic carbocycles. The zero-order valence-electron chi connectivity index (χ0n) is 19.5. The van der Waals surface area contributed by atoms with Crippen LogP contribution < -0.4 is 0 Å². The number of para-hydroxylation sites is 1. The predicted molar refractivity (Wildman–Crippen MR) is 150 cm³/mol. The van der Waals surface area contributed by atoms with Crippen LogP contribution in [-0.2, 0) is 0 Å². The van der Waals surface area contributed by atoms with Gasteiger partial charge in [-0.1, -0.05) is 76.6 Å². The lowest BCUT2D eigenvalue weighted by molar-refractivity contribution is 0.0677. The van der Waals surface area contributed by atoms with E-state index >= 15 is 0 Å². The van der Waals surface area contributed by atoms with E-state index in [9.17, 15) is 4.79 Å². The molecule has 5 aromatic rings. The number of carbonyl (C=O) groups excluding carboxylic acids is 1. The first kappa shape index (κ1) is 23.6. The Morgan fingerprint density at radius 1 is 0.865 bits per heavy atom. The fourth-order valence-electron chi connectivity index (χ4n) is 4.49. The van der Waals surface area contributed by atoms with Crippen molar-refractivity contribution in [3.63, 3.8) is 0 Å². The molecule has 0 unspecified atom stereocenters. The molecule has 8 heteroatoms. The van der Waals surface area contributed by atoms with Gasteiger partial charge in [0.2, 0.25) is 0 Å². The van der Waals surface area contributed by atoms with Crippen LogP contribution in [-0.4, -0.2) is 26.4 Å². The van der Waals surface area contributed by atoms with Crippen LogP contribution in [0.1, 0.15) is 34.1 Å². The molecule has 0 saturated heterocycles. The van der Waals surface area contributed by atoms with E-state index in [4.69, 9.17) is 14.6 Å². The largest absolute Gasteiger partial charge is 0.444 e. The van der Waals surface area contributed by atoms with Crippen LogP contribution in [0.2, 0.25) is 0 Å². The Kier molecular flexibility index (Phi) is 6.36. The lowest BCUT2D eigenvalue weighted by atomic mass is 9.96. The summed E-state index contributed by atoms with van der Waals surface area (Å²) in [6.07, 6.45) is 2.53. The lowest BCUT2D eigenvalue weighted by Gasteiger charge is -2.21. The monoisotopic (exact) mass is 614 g/mol. The number of halogens is 2. The summed E-state index contributed by atoms with van der Waals surface area (Å²) >= 11 is 6.86. The zero-order valence-corrected chi connectivity index (χ0v) is 22.6. The average Bonchev–Trinajstić information content (AvgIpc) is 3.67. The van der Waals surface area contributed by atoms with Gasteiger partial charge in [-0.15, -0.1) is 0 Å². The van der Waals surface area contributed by atoms with Gasteiger partial charge in [0.1, 0.15) is 0 Å². The zero-order chi connectivity index (χ0) is 25.4. The van der Waals surface area contributed by atoms with Crippen molar-refractivity contribution in [2.75, 3.05) is 0 Å². The molecule has 0 aliphatic carbocycles. The van der Waals surface area contributed by atoms with Crippen LogP contribution >= 0.6 is 31.9 Å². The van der Waals surface area contributed by atoms with Crippen LogP contribution in [0.3, 0.4) is 0 Å². The van der Waals surface area contributed by atoms with Gasteiger partial charge in [-0.2, -0.15) is 10.2 Å². The highest BCUT2D eigenvalue weighted by Gasteiger charge is 2.37. The van der Waals surface area contributed by atoms with Crippen molar-refractivity contribution >= 4 is 43.5 Å². The summed E-state index contributed by atoms with van der Waals surface area (Å²) in [5.41, 5.74) is 5.38. The van der Waals surface area contributed by atoms with Crippen LogP contribution in [0.25, 0.3) is 16.9 Å². The Bertz CT molecular complexity index is 1610. The molecule has 0 N–H and O–H groups in total. The number of carbonyl (C=O) groups is 1. The summed E-state index contributed by atoms with van der Waals surface area (Å²) in [6, 6.07) is 30.9. The standard InChI is InChI=1S/C29H20Br2N4O2/c30-21-11-7-10-20(16-21)24-17-25(35(32-24)29(36)26-14-15-27(31)37-26)23-18-34(22-12-5-2-6-13-22)33-28(23)19-8-3-1-4-9-19/h1-16,18,25H,17H2/t25-/m0/s1. The molecule has 1 aliphatic heterocycles. The highest BCUT2D eigenvalue weighted by atomic mass is 79.9. The van der Waals surface area contributed by atoms with Crippen molar-refractivity contribution in [1.29, 1.82) is 0 Å². The van der Waals surface area contributed by atoms with Gasteiger partial charge in [0.25, 0.3) is 0 Å². The lowest BCUT2D eigenvalue weighted by Crippen LogP contribution is -2.27. The summed E-state index contributed by atoms with van der Waals surface area (Å²) in [5.74, 6) is -0.0972. The van der Waals surface area contributed by atoms with E-state index in [1.165, 1.54) is 5.01 Å². The fraction of sp³-hybridized carbons (Fsp3) is 0.0690. The van der Waals surface area contributed by atoms with Gasteiger partial charge >= 0.3 is 5.91 Å². The van der Waals surface area contributed by atoms with Crippen molar-refractivity contribution in [2.24, 2.45) is 5.10 Å². The first-order valence-electron chi connectivity index (χ1n) is 11.7. The summed E-state index contributed by atoms with van der Waals surface area (Å²) in [4.78, 5) is 13.7. The van der Waals surface area contributed by atoms with E-state index in [2.05, 4.69) is 31.9 Å². The first-order valence-corrected chi connectivity index (χ1v) is 13.3. The molecule has 1 atom stereocenters. The van der Waals surface area contributed by atoms with Gasteiger partial charge < -0.3 is 4.42 Å². The van der Waals surface area contributed by atoms with Gasteiger partial charge in [-0.05, 0) is 57.9 Å². The minimum absolute atomic E-state index is 0.216. The van der Waals surface area contributed by atoms with E-state index in [1.54, 1.807) is 12.1 Å². The quantitative estimate of drug-likeness (QED) is 0.204. The molecule has 0 fully saturated rings. The number of hydrazone groups is 1. The normalized spacial score (nSPS) is 15.1. The molecule has 1 aliphatic rings. The number of nitrogens with zero attached hydrogens (tertiary/aromatic N) is 4. The molecule has 6 rings (SSSR count). The molecular formula is C29H20Br2N4O2. The van der Waals surface area contributed by atoms with Crippen molar-refractivity contribution in [1.82, 2.24) is 14.8 Å². The van der Waals surface area contributed by atoms with Crippen molar-refractivity contribution in [3.05, 3.63) is 129 Å². The maximum atomic E-state index is 13.7. The minimum atomic E-state index is -0.377. The summed E-state index contributed by atoms with van der Waals surface area (Å²) < 4.78 is 8.92. The molecule has 0 spiro atoms. The predicted octanol–water partition coefficient (Wildman–Crippen LogP) is 7.65. The Morgan fingerprint density at radius 2 is 1.59 bits per heavy atom. The molecule has 2 aromatic heterocycles. The van der Waals surface area contributed by atoms with Gasteiger partial charge in [0.15, 0.2) is 10.4 Å². The Balaban J connectivity index is 1.49. The second-order valence-electron chi connectivity index (χ2n) is 8.61. The third-order valence-corrected chi connectivity index (χ3v) is 7.15. The van der Waals surface area contributed by atoms with Crippen molar-refractivity contribution in [2.45, 2.75) is 12.5 Å². The van der Waals surface area contributed by atoms with E-state index in [0.717, 1.165) is 38.3 Å². The fourth-order valence-corrected chi connectivity index (χ4v) is 5.19. The maximum absolute atomic E-state index is 13.7. The van der Waals surface area contributed by atoms with Crippen molar-refractivity contribution < 1.29 is 9.21 Å². The van der Waals surface area contributed by atoms with Crippen LogP contribution in [0.15, 0.2) is 122 Å². The van der Waals surface area contributed by atoms with Gasteiger partial charge in [0, 0.05) is 28.2 Å². The molecule has 182 valence electrons. The van der Waals surface area contributed by atoms with Gasteiger partial charge in [0.05, 0.1) is 23.1 Å². The summed E-state index contributed by atoms with van der Waals surface area (Å²) in [6.45, 7) is 0. The highest BCUT2D eigenvalue weighted by molar-refractivity contribution is 9.10. The van der Waals surface area contributed by atoms with Crippen LogP contribution in [0, 0.1) is 0 Å². The minimum Gasteiger partial charge on any atom is -0.444 e. The molecule has 0 bridgehead atoms. The van der Waals surface area contributed by atoms with Gasteiger partial charge in [-0.3, -0.25) is 4.79 Å². The molecule has 1 amide bonds. The number of hydrogen-bond acceptors (Lipinski definition) is 4. The molecular weight excluding hydrogens is 596 g/mol. The summed E-state index contributed by atoms with van der Waals surface area (Å²) in [5, 5.41) is 11.3. The number of amides is 1. The maximum Gasteiger partial charge on any atom is 0.310 e.